The third-order valence-electron chi connectivity index (χ3n) is 4.16. The molecule has 1 amide bonds. The van der Waals surface area contributed by atoms with E-state index in [1.54, 1.807) is 12.1 Å². The van der Waals surface area contributed by atoms with Crippen LogP contribution in [-0.2, 0) is 11.3 Å². The highest BCUT2D eigenvalue weighted by Crippen LogP contribution is 2.23. The highest BCUT2D eigenvalue weighted by molar-refractivity contribution is 5.94. The molecule has 0 unspecified atom stereocenters. The Morgan fingerprint density at radius 2 is 2.13 bits per heavy atom. The molecule has 23 heavy (non-hydrogen) atoms. The predicted octanol–water partition coefficient (Wildman–Crippen LogP) is 3.22. The van der Waals surface area contributed by atoms with Crippen LogP contribution in [0, 0.1) is 5.82 Å². The number of amides is 1. The Kier molecular flexibility index (Phi) is 4.76. The highest BCUT2D eigenvalue weighted by atomic mass is 19.1. The fraction of sp³-hybridized carbons (Fsp3) is 0.389. The molecule has 1 atom stereocenters. The molecule has 1 N–H and O–H groups in total. The Morgan fingerprint density at radius 1 is 1.35 bits per heavy atom. The molecule has 0 bridgehead atoms. The summed E-state index contributed by atoms with van der Waals surface area (Å²) in [5.74, 6) is -0.367. The fourth-order valence-corrected chi connectivity index (χ4v) is 2.87. The first-order valence-corrected chi connectivity index (χ1v) is 8.03. The van der Waals surface area contributed by atoms with E-state index >= 15 is 0 Å². The SMILES string of the molecule is CCn1cc(-c2ccc(F)cc2)cc1C(=O)NC[C@@H]1CCCO1. The van der Waals surface area contributed by atoms with Crippen molar-refractivity contribution in [2.45, 2.75) is 32.4 Å². The number of rotatable bonds is 5. The zero-order valence-corrected chi connectivity index (χ0v) is 13.2. The van der Waals surface area contributed by atoms with Crippen molar-refractivity contribution in [2.24, 2.45) is 0 Å². The fourth-order valence-electron chi connectivity index (χ4n) is 2.87. The second-order valence-corrected chi connectivity index (χ2v) is 5.75. The number of aryl methyl sites for hydroxylation is 1. The van der Waals surface area contributed by atoms with Crippen molar-refractivity contribution in [3.8, 4) is 11.1 Å². The number of nitrogens with one attached hydrogen (secondary N) is 1. The van der Waals surface area contributed by atoms with Crippen LogP contribution < -0.4 is 5.32 Å². The van der Waals surface area contributed by atoms with E-state index in [4.69, 9.17) is 4.74 Å². The highest BCUT2D eigenvalue weighted by Gasteiger charge is 2.18. The van der Waals surface area contributed by atoms with Gasteiger partial charge in [0.15, 0.2) is 0 Å². The van der Waals surface area contributed by atoms with E-state index in [0.29, 0.717) is 18.8 Å². The molecule has 3 rings (SSSR count). The summed E-state index contributed by atoms with van der Waals surface area (Å²) in [6.07, 6.45) is 4.10. The molecule has 1 aromatic heterocycles. The largest absolute Gasteiger partial charge is 0.376 e. The Balaban J connectivity index is 1.75. The van der Waals surface area contributed by atoms with Crippen molar-refractivity contribution in [3.63, 3.8) is 0 Å². The monoisotopic (exact) mass is 316 g/mol. The summed E-state index contributed by atoms with van der Waals surface area (Å²) in [5.41, 5.74) is 2.42. The third kappa shape index (κ3) is 3.62. The van der Waals surface area contributed by atoms with Crippen LogP contribution in [-0.4, -0.2) is 29.7 Å². The van der Waals surface area contributed by atoms with Crippen LogP contribution >= 0.6 is 0 Å². The van der Waals surface area contributed by atoms with Gasteiger partial charge < -0.3 is 14.6 Å². The Bertz CT molecular complexity index is 673. The van der Waals surface area contributed by atoms with Gasteiger partial charge in [0, 0.05) is 31.5 Å². The number of hydrogen-bond acceptors (Lipinski definition) is 2. The average Bonchev–Trinajstić information content (AvgIpc) is 3.22. The molecule has 0 radical (unpaired) electrons. The van der Waals surface area contributed by atoms with Gasteiger partial charge in [0.2, 0.25) is 0 Å². The van der Waals surface area contributed by atoms with Gasteiger partial charge in [0.05, 0.1) is 6.10 Å². The molecule has 122 valence electrons. The van der Waals surface area contributed by atoms with Crippen LogP contribution in [0.4, 0.5) is 4.39 Å². The minimum atomic E-state index is -0.266. The van der Waals surface area contributed by atoms with Crippen molar-refractivity contribution in [1.29, 1.82) is 0 Å². The molecule has 1 saturated heterocycles. The van der Waals surface area contributed by atoms with Crippen LogP contribution in [0.15, 0.2) is 36.5 Å². The molecular weight excluding hydrogens is 295 g/mol. The predicted molar refractivity (Wildman–Crippen MR) is 86.8 cm³/mol. The lowest BCUT2D eigenvalue weighted by atomic mass is 10.1. The standard InChI is InChI=1S/C18H21FN2O2/c1-2-21-12-14(13-5-7-15(19)8-6-13)10-17(21)18(22)20-11-16-4-3-9-23-16/h5-8,10,12,16H,2-4,9,11H2,1H3,(H,20,22)/t16-/m0/s1. The van der Waals surface area contributed by atoms with Gasteiger partial charge in [-0.2, -0.15) is 0 Å². The van der Waals surface area contributed by atoms with E-state index in [0.717, 1.165) is 30.6 Å². The molecule has 1 aliphatic heterocycles. The minimum Gasteiger partial charge on any atom is -0.376 e. The van der Waals surface area contributed by atoms with E-state index < -0.39 is 0 Å². The molecule has 1 aliphatic rings. The maximum atomic E-state index is 13.0. The number of nitrogens with zero attached hydrogens (tertiary/aromatic N) is 1. The zero-order chi connectivity index (χ0) is 16.2. The summed E-state index contributed by atoms with van der Waals surface area (Å²) < 4.78 is 20.5. The first kappa shape index (κ1) is 15.7. The lowest BCUT2D eigenvalue weighted by Crippen LogP contribution is -2.32. The third-order valence-corrected chi connectivity index (χ3v) is 4.16. The van der Waals surface area contributed by atoms with Crippen LogP contribution in [0.3, 0.4) is 0 Å². The first-order valence-electron chi connectivity index (χ1n) is 8.03. The van der Waals surface area contributed by atoms with E-state index in [2.05, 4.69) is 5.32 Å². The van der Waals surface area contributed by atoms with Gasteiger partial charge in [-0.05, 0) is 43.5 Å². The number of carbonyl (C=O) groups is 1. The van der Waals surface area contributed by atoms with Gasteiger partial charge in [-0.3, -0.25) is 4.79 Å². The summed E-state index contributed by atoms with van der Waals surface area (Å²) in [5, 5.41) is 2.94. The maximum absolute atomic E-state index is 13.0. The van der Waals surface area contributed by atoms with Crippen molar-refractivity contribution >= 4 is 5.91 Å². The van der Waals surface area contributed by atoms with Crippen LogP contribution in [0.25, 0.3) is 11.1 Å². The lowest BCUT2D eigenvalue weighted by molar-refractivity contribution is 0.0850. The molecule has 0 saturated carbocycles. The van der Waals surface area contributed by atoms with Crippen molar-refractivity contribution in [2.75, 3.05) is 13.2 Å². The molecule has 2 heterocycles. The number of carbonyl (C=O) groups excluding carboxylic acids is 1. The Hall–Kier alpha value is -2.14. The molecule has 0 aliphatic carbocycles. The first-order chi connectivity index (χ1) is 11.2. The topological polar surface area (TPSA) is 43.3 Å². The summed E-state index contributed by atoms with van der Waals surface area (Å²) >= 11 is 0. The number of hydrogen-bond donors (Lipinski definition) is 1. The van der Waals surface area contributed by atoms with Crippen LogP contribution in [0.1, 0.15) is 30.3 Å². The smallest absolute Gasteiger partial charge is 0.268 e. The second kappa shape index (κ2) is 6.96. The molecule has 0 spiro atoms. The van der Waals surface area contributed by atoms with Crippen molar-refractivity contribution < 1.29 is 13.9 Å². The molecule has 2 aromatic rings. The number of halogens is 1. The molecule has 5 heteroatoms. The normalized spacial score (nSPS) is 17.4. The number of aromatic nitrogens is 1. The Morgan fingerprint density at radius 3 is 2.78 bits per heavy atom. The van der Waals surface area contributed by atoms with Crippen molar-refractivity contribution in [1.82, 2.24) is 9.88 Å². The van der Waals surface area contributed by atoms with Crippen LogP contribution in [0.2, 0.25) is 0 Å². The summed E-state index contributed by atoms with van der Waals surface area (Å²) in [6, 6.07) is 8.14. The summed E-state index contributed by atoms with van der Waals surface area (Å²) in [7, 11) is 0. The van der Waals surface area contributed by atoms with E-state index in [9.17, 15) is 9.18 Å². The zero-order valence-electron chi connectivity index (χ0n) is 13.2. The quantitative estimate of drug-likeness (QED) is 0.920. The van der Waals surface area contributed by atoms with Gasteiger partial charge >= 0.3 is 0 Å². The van der Waals surface area contributed by atoms with Gasteiger partial charge in [-0.25, -0.2) is 4.39 Å². The average molecular weight is 316 g/mol. The summed E-state index contributed by atoms with van der Waals surface area (Å²) in [4.78, 5) is 12.4. The maximum Gasteiger partial charge on any atom is 0.268 e. The van der Waals surface area contributed by atoms with E-state index in [1.807, 2.05) is 23.8 Å². The van der Waals surface area contributed by atoms with E-state index in [1.165, 1.54) is 12.1 Å². The van der Waals surface area contributed by atoms with E-state index in [-0.39, 0.29) is 17.8 Å². The van der Waals surface area contributed by atoms with Crippen LogP contribution in [0.5, 0.6) is 0 Å². The van der Waals surface area contributed by atoms with Gasteiger partial charge in [0.1, 0.15) is 11.5 Å². The summed E-state index contributed by atoms with van der Waals surface area (Å²) in [6.45, 7) is 4.01. The van der Waals surface area contributed by atoms with Gasteiger partial charge in [0.25, 0.3) is 5.91 Å². The van der Waals surface area contributed by atoms with Crippen molar-refractivity contribution in [3.05, 3.63) is 48.0 Å². The lowest BCUT2D eigenvalue weighted by Gasteiger charge is -2.11. The molecule has 1 fully saturated rings. The number of ether oxygens (including phenoxy) is 1. The molecule has 1 aromatic carbocycles. The Labute approximate surface area is 135 Å². The molecule has 4 nitrogen and oxygen atoms in total. The van der Waals surface area contributed by atoms with Gasteiger partial charge in [-0.1, -0.05) is 12.1 Å². The molecular formula is C18H21FN2O2. The second-order valence-electron chi connectivity index (χ2n) is 5.75. The van der Waals surface area contributed by atoms with Gasteiger partial charge in [-0.15, -0.1) is 0 Å². The minimum absolute atomic E-state index is 0.101. The number of benzene rings is 1.